The van der Waals surface area contributed by atoms with Crippen molar-refractivity contribution in [3.63, 3.8) is 0 Å². The van der Waals surface area contributed by atoms with Crippen molar-refractivity contribution in [2.45, 2.75) is 6.42 Å². The van der Waals surface area contributed by atoms with Crippen LogP contribution in [0.15, 0.2) is 47.4 Å². The third-order valence-electron chi connectivity index (χ3n) is 4.31. The van der Waals surface area contributed by atoms with Gasteiger partial charge in [0, 0.05) is 32.7 Å². The fraction of sp³-hybridized carbons (Fsp3) is 0.389. The molecule has 1 atom stereocenters. The summed E-state index contributed by atoms with van der Waals surface area (Å²) < 4.78 is 6.74. The normalized spacial score (nSPS) is 16.7. The predicted molar refractivity (Wildman–Crippen MR) is 94.7 cm³/mol. The average molecular weight is 342 g/mol. The molecule has 1 saturated heterocycles. The summed E-state index contributed by atoms with van der Waals surface area (Å²) >= 11 is 0. The van der Waals surface area contributed by atoms with E-state index in [2.05, 4.69) is 15.3 Å². The first-order valence-corrected chi connectivity index (χ1v) is 8.34. The number of rotatable bonds is 6. The van der Waals surface area contributed by atoms with E-state index in [1.54, 1.807) is 19.3 Å². The molecule has 2 heterocycles. The summed E-state index contributed by atoms with van der Waals surface area (Å²) in [6.07, 6.45) is 2.67. The fourth-order valence-corrected chi connectivity index (χ4v) is 2.84. The van der Waals surface area contributed by atoms with E-state index in [9.17, 15) is 9.59 Å². The Morgan fingerprint density at radius 3 is 2.92 bits per heavy atom. The highest BCUT2D eigenvalue weighted by molar-refractivity contribution is 5.77. The summed E-state index contributed by atoms with van der Waals surface area (Å²) in [6.45, 7) is 2.27. The molecule has 25 heavy (non-hydrogen) atoms. The number of para-hydroxylation sites is 1. The van der Waals surface area contributed by atoms with Gasteiger partial charge in [-0.2, -0.15) is 5.10 Å². The Labute approximate surface area is 146 Å². The monoisotopic (exact) mass is 342 g/mol. The summed E-state index contributed by atoms with van der Waals surface area (Å²) in [5.74, 6) is 0.908. The second-order valence-electron chi connectivity index (χ2n) is 6.18. The van der Waals surface area contributed by atoms with E-state index in [0.717, 1.165) is 25.2 Å². The number of nitrogens with zero attached hydrogens (tertiary/aromatic N) is 3. The van der Waals surface area contributed by atoms with Gasteiger partial charge in [-0.25, -0.2) is 4.68 Å². The van der Waals surface area contributed by atoms with Gasteiger partial charge in [0.2, 0.25) is 0 Å². The number of aryl methyl sites for hydroxylation is 1. The van der Waals surface area contributed by atoms with Gasteiger partial charge in [-0.3, -0.25) is 9.59 Å². The molecule has 7 nitrogen and oxygen atoms in total. The predicted octanol–water partition coefficient (Wildman–Crippen LogP) is 0.802. The fourth-order valence-electron chi connectivity index (χ4n) is 2.84. The molecular formula is C18H22N4O3. The number of carbonyl (C=O) groups is 1. The van der Waals surface area contributed by atoms with Crippen molar-refractivity contribution in [2.24, 2.45) is 13.0 Å². The van der Waals surface area contributed by atoms with Crippen LogP contribution in [0.3, 0.4) is 0 Å². The molecule has 1 aromatic heterocycles. The van der Waals surface area contributed by atoms with Crippen molar-refractivity contribution in [3.05, 3.63) is 52.9 Å². The molecule has 0 bridgehead atoms. The van der Waals surface area contributed by atoms with Gasteiger partial charge in [-0.1, -0.05) is 18.2 Å². The quantitative estimate of drug-likeness (QED) is 0.840. The Kier molecular flexibility index (Phi) is 5.33. The van der Waals surface area contributed by atoms with Crippen LogP contribution in [0.5, 0.6) is 5.75 Å². The smallest absolute Gasteiger partial charge is 0.268 e. The van der Waals surface area contributed by atoms with Crippen molar-refractivity contribution in [1.82, 2.24) is 15.1 Å². The van der Waals surface area contributed by atoms with Crippen LogP contribution in [0, 0.1) is 5.92 Å². The molecule has 0 spiro atoms. The van der Waals surface area contributed by atoms with E-state index in [-0.39, 0.29) is 18.1 Å². The zero-order valence-electron chi connectivity index (χ0n) is 14.2. The summed E-state index contributed by atoms with van der Waals surface area (Å²) in [6, 6.07) is 10.9. The molecule has 0 saturated carbocycles. The van der Waals surface area contributed by atoms with Crippen molar-refractivity contribution in [2.75, 3.05) is 31.1 Å². The molecule has 7 heteroatoms. The molecule has 3 rings (SSSR count). The summed E-state index contributed by atoms with van der Waals surface area (Å²) in [7, 11) is 1.63. The number of benzene rings is 1. The van der Waals surface area contributed by atoms with Crippen LogP contribution in [0.2, 0.25) is 0 Å². The van der Waals surface area contributed by atoms with Crippen LogP contribution in [0.4, 0.5) is 5.69 Å². The number of aromatic nitrogens is 2. The first kappa shape index (κ1) is 17.0. The number of ether oxygens (including phenoxy) is 1. The number of amides is 1. The molecule has 1 aliphatic heterocycles. The zero-order chi connectivity index (χ0) is 17.6. The van der Waals surface area contributed by atoms with E-state index in [1.165, 1.54) is 4.68 Å². The van der Waals surface area contributed by atoms with Crippen LogP contribution < -0.4 is 20.5 Å². The van der Waals surface area contributed by atoms with Gasteiger partial charge >= 0.3 is 0 Å². The summed E-state index contributed by atoms with van der Waals surface area (Å²) in [5.41, 5.74) is 0.719. The number of carbonyl (C=O) groups excluding carboxylic acids is 1. The summed E-state index contributed by atoms with van der Waals surface area (Å²) in [5, 5.41) is 6.97. The maximum atomic E-state index is 11.9. The van der Waals surface area contributed by atoms with Crippen LogP contribution in [0.1, 0.15) is 6.42 Å². The van der Waals surface area contributed by atoms with Gasteiger partial charge in [0.05, 0.1) is 11.9 Å². The minimum atomic E-state index is -0.127. The first-order chi connectivity index (χ1) is 12.1. The second kappa shape index (κ2) is 7.83. The van der Waals surface area contributed by atoms with E-state index in [4.69, 9.17) is 4.74 Å². The van der Waals surface area contributed by atoms with E-state index in [1.807, 2.05) is 30.3 Å². The number of hydrogen-bond donors (Lipinski definition) is 1. The van der Waals surface area contributed by atoms with Gasteiger partial charge in [0.15, 0.2) is 6.61 Å². The van der Waals surface area contributed by atoms with Crippen molar-refractivity contribution < 1.29 is 9.53 Å². The maximum absolute atomic E-state index is 11.9. The lowest BCUT2D eigenvalue weighted by molar-refractivity contribution is -0.123. The molecule has 1 aliphatic rings. The lowest BCUT2D eigenvalue weighted by atomic mass is 10.1. The van der Waals surface area contributed by atoms with Crippen molar-refractivity contribution in [1.29, 1.82) is 0 Å². The minimum Gasteiger partial charge on any atom is -0.484 e. The Bertz CT molecular complexity index is 775. The van der Waals surface area contributed by atoms with Gasteiger partial charge < -0.3 is 15.0 Å². The van der Waals surface area contributed by atoms with Crippen LogP contribution in [-0.2, 0) is 11.8 Å². The number of nitrogens with one attached hydrogen (secondary N) is 1. The number of hydrogen-bond acceptors (Lipinski definition) is 5. The van der Waals surface area contributed by atoms with Gasteiger partial charge in [-0.15, -0.1) is 0 Å². The SMILES string of the molecule is Cn1ncc(N2CCC(CNC(=O)COc3ccccc3)C2)cc1=O. The Balaban J connectivity index is 1.43. The topological polar surface area (TPSA) is 76.5 Å². The molecule has 132 valence electrons. The van der Waals surface area contributed by atoms with E-state index >= 15 is 0 Å². The van der Waals surface area contributed by atoms with Crippen molar-refractivity contribution in [3.8, 4) is 5.75 Å². The third-order valence-corrected chi connectivity index (χ3v) is 4.31. The standard InChI is InChI=1S/C18H22N4O3/c1-21-18(24)9-15(11-20-21)22-8-7-14(12-22)10-19-17(23)13-25-16-5-3-2-4-6-16/h2-6,9,11,14H,7-8,10,12-13H2,1H3,(H,19,23). The lowest BCUT2D eigenvalue weighted by Crippen LogP contribution is -2.34. The maximum Gasteiger partial charge on any atom is 0.268 e. The largest absolute Gasteiger partial charge is 0.484 e. The lowest BCUT2D eigenvalue weighted by Gasteiger charge is -2.18. The van der Waals surface area contributed by atoms with Gasteiger partial charge in [0.25, 0.3) is 11.5 Å². The zero-order valence-corrected chi connectivity index (χ0v) is 14.2. The Morgan fingerprint density at radius 1 is 1.36 bits per heavy atom. The molecule has 1 aromatic carbocycles. The van der Waals surface area contributed by atoms with Crippen LogP contribution >= 0.6 is 0 Å². The number of anilines is 1. The summed E-state index contributed by atoms with van der Waals surface area (Å²) in [4.78, 5) is 25.7. The van der Waals surface area contributed by atoms with Crippen molar-refractivity contribution >= 4 is 11.6 Å². The minimum absolute atomic E-state index is 0.0130. The molecule has 1 unspecified atom stereocenters. The van der Waals surface area contributed by atoms with Gasteiger partial charge in [-0.05, 0) is 24.5 Å². The highest BCUT2D eigenvalue weighted by Gasteiger charge is 2.23. The first-order valence-electron chi connectivity index (χ1n) is 8.34. The molecule has 0 radical (unpaired) electrons. The van der Waals surface area contributed by atoms with E-state index in [0.29, 0.717) is 18.2 Å². The Morgan fingerprint density at radius 2 is 2.16 bits per heavy atom. The average Bonchev–Trinajstić information content (AvgIpc) is 3.10. The second-order valence-corrected chi connectivity index (χ2v) is 6.18. The van der Waals surface area contributed by atoms with Gasteiger partial charge in [0.1, 0.15) is 5.75 Å². The molecule has 1 amide bonds. The molecule has 2 aromatic rings. The van der Waals surface area contributed by atoms with Crippen LogP contribution in [-0.4, -0.2) is 41.9 Å². The van der Waals surface area contributed by atoms with Crippen LogP contribution in [0.25, 0.3) is 0 Å². The highest BCUT2D eigenvalue weighted by Crippen LogP contribution is 2.21. The molecular weight excluding hydrogens is 320 g/mol. The molecule has 1 N–H and O–H groups in total. The highest BCUT2D eigenvalue weighted by atomic mass is 16.5. The van der Waals surface area contributed by atoms with E-state index < -0.39 is 0 Å². The Hall–Kier alpha value is -2.83. The third kappa shape index (κ3) is 4.59. The molecule has 1 fully saturated rings. The molecule has 0 aliphatic carbocycles.